The average molecular weight is 321 g/mol. The Balaban J connectivity index is 2.03. The van der Waals surface area contributed by atoms with Crippen LogP contribution in [0.1, 0.15) is 49.7 Å². The van der Waals surface area contributed by atoms with E-state index >= 15 is 0 Å². The van der Waals surface area contributed by atoms with E-state index in [-0.39, 0.29) is 22.2 Å². The smallest absolute Gasteiger partial charge is 0.288 e. The number of nitro benzene ring substituents is 1. The molecule has 22 heavy (non-hydrogen) atoms. The van der Waals surface area contributed by atoms with Crippen LogP contribution < -0.4 is 0 Å². The predicted octanol–water partition coefficient (Wildman–Crippen LogP) is 4.20. The summed E-state index contributed by atoms with van der Waals surface area (Å²) in [5.41, 5.74) is 0.378. The molecule has 1 atom stereocenters. The monoisotopic (exact) mass is 320 g/mol. The lowest BCUT2D eigenvalue weighted by atomic mass is 9.84. The van der Waals surface area contributed by atoms with Gasteiger partial charge in [-0.25, -0.2) is 0 Å². The molecule has 116 valence electrons. The number of benzene rings is 1. The molecule has 0 aromatic heterocycles. The van der Waals surface area contributed by atoms with Crippen molar-refractivity contribution in [2.45, 2.75) is 44.9 Å². The fraction of sp³-hybridized carbons (Fsp3) is 0.500. The van der Waals surface area contributed by atoms with Crippen LogP contribution in [0.2, 0.25) is 5.02 Å². The Kier molecular flexibility index (Phi) is 5.51. The zero-order valence-electron chi connectivity index (χ0n) is 12.2. The molecule has 1 aromatic carbocycles. The van der Waals surface area contributed by atoms with Crippen molar-refractivity contribution in [1.29, 1.82) is 5.26 Å². The highest BCUT2D eigenvalue weighted by atomic mass is 35.5. The van der Waals surface area contributed by atoms with E-state index in [1.54, 1.807) is 12.1 Å². The third kappa shape index (κ3) is 3.63. The minimum atomic E-state index is -0.602. The molecule has 1 fully saturated rings. The SMILES string of the molecule is N#Cc1c([N+](=O)[O-])ccc(CCCC2CCCCC2=O)c1Cl. The van der Waals surface area contributed by atoms with E-state index in [9.17, 15) is 14.9 Å². The maximum Gasteiger partial charge on any atom is 0.288 e. The van der Waals surface area contributed by atoms with E-state index in [0.717, 1.165) is 37.7 Å². The second-order valence-electron chi connectivity index (χ2n) is 5.60. The van der Waals surface area contributed by atoms with Crippen molar-refractivity contribution in [2.75, 3.05) is 0 Å². The summed E-state index contributed by atoms with van der Waals surface area (Å²) in [5, 5.41) is 20.1. The zero-order chi connectivity index (χ0) is 16.1. The number of nitrogens with zero attached hydrogens (tertiary/aromatic N) is 2. The lowest BCUT2D eigenvalue weighted by Gasteiger charge is -2.20. The number of ketones is 1. The highest BCUT2D eigenvalue weighted by Gasteiger charge is 2.23. The van der Waals surface area contributed by atoms with Gasteiger partial charge in [0.25, 0.3) is 5.69 Å². The van der Waals surface area contributed by atoms with Crippen LogP contribution in [0, 0.1) is 27.4 Å². The molecule has 0 N–H and O–H groups in total. The van der Waals surface area contributed by atoms with Crippen LogP contribution in [-0.2, 0) is 11.2 Å². The fourth-order valence-corrected chi connectivity index (χ4v) is 3.26. The molecular formula is C16H17ClN2O3. The van der Waals surface area contributed by atoms with E-state index in [1.807, 2.05) is 0 Å². The molecule has 0 aliphatic heterocycles. The van der Waals surface area contributed by atoms with Crippen LogP contribution in [0.5, 0.6) is 0 Å². The van der Waals surface area contributed by atoms with Crippen LogP contribution >= 0.6 is 11.6 Å². The molecule has 1 aliphatic carbocycles. The van der Waals surface area contributed by atoms with Crippen molar-refractivity contribution >= 4 is 23.1 Å². The van der Waals surface area contributed by atoms with Gasteiger partial charge in [-0.2, -0.15) is 5.26 Å². The summed E-state index contributed by atoms with van der Waals surface area (Å²) in [4.78, 5) is 22.0. The number of nitriles is 1. The van der Waals surface area contributed by atoms with Gasteiger partial charge in [-0.05, 0) is 37.7 Å². The largest absolute Gasteiger partial charge is 0.299 e. The summed E-state index contributed by atoms with van der Waals surface area (Å²) in [7, 11) is 0. The topological polar surface area (TPSA) is 84.0 Å². The third-order valence-electron chi connectivity index (χ3n) is 4.19. The Morgan fingerprint density at radius 2 is 2.18 bits per heavy atom. The van der Waals surface area contributed by atoms with E-state index < -0.39 is 4.92 Å². The van der Waals surface area contributed by atoms with E-state index in [2.05, 4.69) is 0 Å². The highest BCUT2D eigenvalue weighted by Crippen LogP contribution is 2.31. The van der Waals surface area contributed by atoms with Crippen LogP contribution in [0.15, 0.2) is 12.1 Å². The molecule has 1 unspecified atom stereocenters. The molecule has 0 spiro atoms. The van der Waals surface area contributed by atoms with Gasteiger partial charge in [0.1, 0.15) is 17.4 Å². The Labute approximate surface area is 134 Å². The summed E-state index contributed by atoms with van der Waals surface area (Å²) in [6.45, 7) is 0. The maximum absolute atomic E-state index is 11.8. The van der Waals surface area contributed by atoms with E-state index in [4.69, 9.17) is 16.9 Å². The summed E-state index contributed by atoms with van der Waals surface area (Å²) in [5.74, 6) is 0.486. The number of aryl methyl sites for hydroxylation is 1. The minimum Gasteiger partial charge on any atom is -0.299 e. The number of rotatable bonds is 5. The predicted molar refractivity (Wildman–Crippen MR) is 82.7 cm³/mol. The third-order valence-corrected chi connectivity index (χ3v) is 4.62. The number of hydrogen-bond donors (Lipinski definition) is 0. The van der Waals surface area contributed by atoms with Gasteiger partial charge in [-0.3, -0.25) is 14.9 Å². The quantitative estimate of drug-likeness (QED) is 0.601. The van der Waals surface area contributed by atoms with Crippen molar-refractivity contribution in [3.8, 4) is 6.07 Å². The molecule has 1 aromatic rings. The highest BCUT2D eigenvalue weighted by molar-refractivity contribution is 6.32. The molecule has 2 rings (SSSR count). The number of carbonyl (C=O) groups is 1. The van der Waals surface area contributed by atoms with Crippen LogP contribution in [0.25, 0.3) is 0 Å². The first-order valence-corrected chi connectivity index (χ1v) is 7.81. The number of halogens is 1. The van der Waals surface area contributed by atoms with Crippen LogP contribution in [0.4, 0.5) is 5.69 Å². The first kappa shape index (κ1) is 16.4. The standard InChI is InChI=1S/C16H17ClN2O3/c17-16-12(8-9-14(19(21)22)13(16)10-18)6-3-5-11-4-1-2-7-15(11)20/h8-9,11H,1-7H2. The van der Waals surface area contributed by atoms with Crippen LogP contribution in [0.3, 0.4) is 0 Å². The van der Waals surface area contributed by atoms with Crippen molar-refractivity contribution < 1.29 is 9.72 Å². The second-order valence-corrected chi connectivity index (χ2v) is 5.98. The zero-order valence-corrected chi connectivity index (χ0v) is 12.9. The first-order chi connectivity index (χ1) is 10.5. The molecule has 0 amide bonds. The number of nitro groups is 1. The van der Waals surface area contributed by atoms with E-state index in [1.165, 1.54) is 6.07 Å². The Morgan fingerprint density at radius 3 is 2.82 bits per heavy atom. The number of Topliss-reactive ketones (excluding diaryl/α,β-unsaturated/α-hetero) is 1. The molecule has 5 nitrogen and oxygen atoms in total. The first-order valence-electron chi connectivity index (χ1n) is 7.43. The summed E-state index contributed by atoms with van der Waals surface area (Å²) >= 11 is 6.11. The van der Waals surface area contributed by atoms with Gasteiger partial charge < -0.3 is 0 Å². The van der Waals surface area contributed by atoms with Gasteiger partial charge >= 0.3 is 0 Å². The van der Waals surface area contributed by atoms with Crippen molar-refractivity contribution in [1.82, 2.24) is 0 Å². The molecule has 1 saturated carbocycles. The summed E-state index contributed by atoms with van der Waals surface area (Å²) < 4.78 is 0. The molecule has 0 saturated heterocycles. The van der Waals surface area contributed by atoms with Gasteiger partial charge in [0.15, 0.2) is 0 Å². The number of carbonyl (C=O) groups excluding carboxylic acids is 1. The average Bonchev–Trinajstić information content (AvgIpc) is 2.50. The summed E-state index contributed by atoms with van der Waals surface area (Å²) in [6, 6.07) is 4.73. The Bertz CT molecular complexity index is 637. The second kappa shape index (κ2) is 7.37. The number of hydrogen-bond acceptors (Lipinski definition) is 4. The molecule has 0 heterocycles. The molecular weight excluding hydrogens is 304 g/mol. The van der Waals surface area contributed by atoms with Gasteiger partial charge in [-0.1, -0.05) is 24.1 Å². The fourth-order valence-electron chi connectivity index (χ4n) is 2.96. The molecule has 6 heteroatoms. The normalized spacial score (nSPS) is 18.0. The minimum absolute atomic E-state index is 0.0853. The molecule has 0 bridgehead atoms. The van der Waals surface area contributed by atoms with Crippen LogP contribution in [-0.4, -0.2) is 10.7 Å². The Morgan fingerprint density at radius 1 is 1.41 bits per heavy atom. The molecule has 1 aliphatic rings. The Hall–Kier alpha value is -1.93. The maximum atomic E-state index is 11.8. The van der Waals surface area contributed by atoms with Crippen molar-refractivity contribution in [2.24, 2.45) is 5.92 Å². The van der Waals surface area contributed by atoms with Crippen molar-refractivity contribution in [3.05, 3.63) is 38.4 Å². The summed E-state index contributed by atoms with van der Waals surface area (Å²) in [6.07, 6.45) is 5.96. The van der Waals surface area contributed by atoms with Gasteiger partial charge in [-0.15, -0.1) is 0 Å². The lowest BCUT2D eigenvalue weighted by molar-refractivity contribution is -0.385. The van der Waals surface area contributed by atoms with Gasteiger partial charge in [0.05, 0.1) is 9.95 Å². The lowest BCUT2D eigenvalue weighted by Crippen LogP contribution is -2.18. The van der Waals surface area contributed by atoms with Gasteiger partial charge in [0, 0.05) is 18.4 Å². The molecule has 0 radical (unpaired) electrons. The van der Waals surface area contributed by atoms with E-state index in [0.29, 0.717) is 18.6 Å². The van der Waals surface area contributed by atoms with Gasteiger partial charge in [0.2, 0.25) is 0 Å². The van der Waals surface area contributed by atoms with Crippen molar-refractivity contribution in [3.63, 3.8) is 0 Å².